The molecule has 4 nitrogen and oxygen atoms in total. The molecule has 4 heteroatoms. The van der Waals surface area contributed by atoms with Crippen molar-refractivity contribution in [1.82, 2.24) is 4.90 Å². The fourth-order valence-corrected chi connectivity index (χ4v) is 1.54. The molecule has 1 aliphatic heterocycles. The third-order valence-electron chi connectivity index (χ3n) is 2.44. The molecule has 0 aromatic heterocycles. The second kappa shape index (κ2) is 3.77. The van der Waals surface area contributed by atoms with Crippen molar-refractivity contribution in [3.05, 3.63) is 0 Å². The average Bonchev–Trinajstić information content (AvgIpc) is 2.29. The standard InChI is InChI=1S/C10H20N2O2/c1-7-8(11)5-6-12(7)9(13)14-10(2,3)4/h7-8H,5-6,11H2,1-4H3/t7-,8+/m1/s1. The smallest absolute Gasteiger partial charge is 0.410 e. The highest BCUT2D eigenvalue weighted by Gasteiger charge is 2.33. The van der Waals surface area contributed by atoms with Crippen LogP contribution in [0.4, 0.5) is 4.79 Å². The van der Waals surface area contributed by atoms with E-state index in [0.717, 1.165) is 6.42 Å². The minimum Gasteiger partial charge on any atom is -0.444 e. The van der Waals surface area contributed by atoms with Crippen LogP contribution >= 0.6 is 0 Å². The minimum atomic E-state index is -0.427. The van der Waals surface area contributed by atoms with Crippen LogP contribution in [0.5, 0.6) is 0 Å². The molecule has 82 valence electrons. The molecule has 1 heterocycles. The van der Waals surface area contributed by atoms with Crippen LogP contribution in [0.15, 0.2) is 0 Å². The molecule has 2 N–H and O–H groups in total. The number of ether oxygens (including phenoxy) is 1. The number of hydrogen-bond acceptors (Lipinski definition) is 3. The zero-order valence-electron chi connectivity index (χ0n) is 9.41. The number of hydrogen-bond donors (Lipinski definition) is 1. The van der Waals surface area contributed by atoms with Crippen LogP contribution in [0.2, 0.25) is 0 Å². The van der Waals surface area contributed by atoms with Crippen molar-refractivity contribution in [3.8, 4) is 0 Å². The van der Waals surface area contributed by atoms with Crippen LogP contribution in [-0.2, 0) is 4.74 Å². The number of rotatable bonds is 0. The number of likely N-dealkylation sites (tertiary alicyclic amines) is 1. The second-order valence-corrected chi connectivity index (χ2v) is 4.87. The molecule has 2 atom stereocenters. The van der Waals surface area contributed by atoms with Crippen molar-refractivity contribution in [2.45, 2.75) is 51.8 Å². The van der Waals surface area contributed by atoms with Gasteiger partial charge in [0.15, 0.2) is 0 Å². The van der Waals surface area contributed by atoms with Crippen LogP contribution < -0.4 is 5.73 Å². The Morgan fingerprint density at radius 3 is 2.43 bits per heavy atom. The van der Waals surface area contributed by atoms with Crippen molar-refractivity contribution in [1.29, 1.82) is 0 Å². The molecule has 1 saturated heterocycles. The molecule has 1 aliphatic rings. The number of nitrogens with zero attached hydrogens (tertiary/aromatic N) is 1. The van der Waals surface area contributed by atoms with Gasteiger partial charge in [-0.25, -0.2) is 4.79 Å². The number of amides is 1. The topological polar surface area (TPSA) is 55.6 Å². The minimum absolute atomic E-state index is 0.0857. The molecule has 0 saturated carbocycles. The molecular weight excluding hydrogens is 180 g/mol. The maximum absolute atomic E-state index is 11.7. The fraction of sp³-hybridized carbons (Fsp3) is 0.900. The second-order valence-electron chi connectivity index (χ2n) is 4.87. The Morgan fingerprint density at radius 2 is 2.07 bits per heavy atom. The summed E-state index contributed by atoms with van der Waals surface area (Å²) in [5.41, 5.74) is 5.39. The highest BCUT2D eigenvalue weighted by Crippen LogP contribution is 2.19. The summed E-state index contributed by atoms with van der Waals surface area (Å²) in [4.78, 5) is 13.4. The lowest BCUT2D eigenvalue weighted by molar-refractivity contribution is 0.0234. The van der Waals surface area contributed by atoms with E-state index in [9.17, 15) is 4.79 Å². The van der Waals surface area contributed by atoms with E-state index >= 15 is 0 Å². The molecule has 0 aromatic rings. The van der Waals surface area contributed by atoms with Crippen LogP contribution in [0.3, 0.4) is 0 Å². The summed E-state index contributed by atoms with van der Waals surface area (Å²) in [7, 11) is 0. The maximum atomic E-state index is 11.7. The fourth-order valence-electron chi connectivity index (χ4n) is 1.54. The molecule has 0 bridgehead atoms. The third kappa shape index (κ3) is 2.61. The van der Waals surface area contributed by atoms with Gasteiger partial charge in [0.1, 0.15) is 5.60 Å². The molecule has 0 unspecified atom stereocenters. The quantitative estimate of drug-likeness (QED) is 0.642. The lowest BCUT2D eigenvalue weighted by atomic mass is 10.2. The molecule has 0 radical (unpaired) electrons. The van der Waals surface area contributed by atoms with Gasteiger partial charge >= 0.3 is 6.09 Å². The molecule has 1 amide bonds. The molecular formula is C10H20N2O2. The SMILES string of the molecule is C[C@@H]1[C@@H](N)CCN1C(=O)OC(C)(C)C. The zero-order valence-corrected chi connectivity index (χ0v) is 9.41. The van der Waals surface area contributed by atoms with Gasteiger partial charge in [0, 0.05) is 18.6 Å². The Bertz CT molecular complexity index is 223. The van der Waals surface area contributed by atoms with Crippen molar-refractivity contribution in [2.75, 3.05) is 6.54 Å². The Balaban J connectivity index is 2.54. The normalized spacial score (nSPS) is 27.9. The van der Waals surface area contributed by atoms with Crippen molar-refractivity contribution in [2.24, 2.45) is 5.73 Å². The molecule has 0 aliphatic carbocycles. The first kappa shape index (κ1) is 11.3. The van der Waals surface area contributed by atoms with Crippen molar-refractivity contribution >= 4 is 6.09 Å². The van der Waals surface area contributed by atoms with E-state index in [-0.39, 0.29) is 18.2 Å². The van der Waals surface area contributed by atoms with E-state index in [1.54, 1.807) is 4.90 Å². The summed E-state index contributed by atoms with van der Waals surface area (Å²) in [6.45, 7) is 8.27. The predicted octanol–water partition coefficient (Wildman–Crippen LogP) is 1.34. The summed E-state index contributed by atoms with van der Waals surface area (Å²) in [5.74, 6) is 0. The van der Waals surface area contributed by atoms with Gasteiger partial charge in [0.2, 0.25) is 0 Å². The van der Waals surface area contributed by atoms with E-state index in [1.165, 1.54) is 0 Å². The van der Waals surface area contributed by atoms with Gasteiger partial charge in [-0.3, -0.25) is 0 Å². The highest BCUT2D eigenvalue weighted by atomic mass is 16.6. The lowest BCUT2D eigenvalue weighted by Crippen LogP contribution is -2.42. The summed E-state index contributed by atoms with van der Waals surface area (Å²) >= 11 is 0. The Morgan fingerprint density at radius 1 is 1.50 bits per heavy atom. The monoisotopic (exact) mass is 200 g/mol. The summed E-state index contributed by atoms with van der Waals surface area (Å²) in [6.07, 6.45) is 0.610. The van der Waals surface area contributed by atoms with E-state index < -0.39 is 5.60 Å². The summed E-state index contributed by atoms with van der Waals surface area (Å²) in [5, 5.41) is 0. The first-order chi connectivity index (χ1) is 6.31. The molecule has 0 spiro atoms. The number of nitrogens with two attached hydrogens (primary N) is 1. The lowest BCUT2D eigenvalue weighted by Gasteiger charge is -2.27. The maximum Gasteiger partial charge on any atom is 0.410 e. The van der Waals surface area contributed by atoms with Gasteiger partial charge in [-0.1, -0.05) is 0 Å². The van der Waals surface area contributed by atoms with Crippen LogP contribution in [0.25, 0.3) is 0 Å². The van der Waals surface area contributed by atoms with Crippen LogP contribution in [-0.4, -0.2) is 35.2 Å². The van der Waals surface area contributed by atoms with Crippen molar-refractivity contribution < 1.29 is 9.53 Å². The summed E-state index contributed by atoms with van der Waals surface area (Å²) < 4.78 is 5.27. The van der Waals surface area contributed by atoms with Gasteiger partial charge in [-0.15, -0.1) is 0 Å². The molecule has 14 heavy (non-hydrogen) atoms. The first-order valence-corrected chi connectivity index (χ1v) is 5.06. The van der Waals surface area contributed by atoms with Gasteiger partial charge in [-0.2, -0.15) is 0 Å². The first-order valence-electron chi connectivity index (χ1n) is 5.06. The summed E-state index contributed by atoms with van der Waals surface area (Å²) in [6, 6.07) is 0.173. The van der Waals surface area contributed by atoms with Crippen molar-refractivity contribution in [3.63, 3.8) is 0 Å². The zero-order chi connectivity index (χ0) is 10.9. The Hall–Kier alpha value is -0.770. The third-order valence-corrected chi connectivity index (χ3v) is 2.44. The van der Waals surface area contributed by atoms with E-state index in [4.69, 9.17) is 10.5 Å². The van der Waals surface area contributed by atoms with Gasteiger partial charge in [0.25, 0.3) is 0 Å². The Kier molecular flexibility index (Phi) is 3.04. The average molecular weight is 200 g/mol. The van der Waals surface area contributed by atoms with Crippen LogP contribution in [0, 0.1) is 0 Å². The predicted molar refractivity (Wildman–Crippen MR) is 55.0 cm³/mol. The number of carbonyl (C=O) groups is 1. The molecule has 0 aromatic carbocycles. The van der Waals surface area contributed by atoms with Gasteiger partial charge in [-0.05, 0) is 34.1 Å². The van der Waals surface area contributed by atoms with Gasteiger partial charge < -0.3 is 15.4 Å². The largest absolute Gasteiger partial charge is 0.444 e. The van der Waals surface area contributed by atoms with Gasteiger partial charge in [0.05, 0.1) is 0 Å². The molecule has 1 rings (SSSR count). The van der Waals surface area contributed by atoms with Crippen LogP contribution in [0.1, 0.15) is 34.1 Å². The highest BCUT2D eigenvalue weighted by molar-refractivity contribution is 5.69. The number of carbonyl (C=O) groups excluding carboxylic acids is 1. The van der Waals surface area contributed by atoms with E-state index in [1.807, 2.05) is 27.7 Å². The Labute approximate surface area is 85.4 Å². The van der Waals surface area contributed by atoms with E-state index in [2.05, 4.69) is 0 Å². The molecule has 1 fully saturated rings. The van der Waals surface area contributed by atoms with E-state index in [0.29, 0.717) is 6.54 Å².